The van der Waals surface area contributed by atoms with Gasteiger partial charge in [-0.1, -0.05) is 26.2 Å². The van der Waals surface area contributed by atoms with Gasteiger partial charge < -0.3 is 10.2 Å². The number of amides is 2. The maximum atomic E-state index is 13.1. The summed E-state index contributed by atoms with van der Waals surface area (Å²) in [5.74, 6) is 0.147. The predicted molar refractivity (Wildman–Crippen MR) is 82.9 cm³/mol. The van der Waals surface area contributed by atoms with Gasteiger partial charge in [-0.15, -0.1) is 0 Å². The Morgan fingerprint density at radius 1 is 1.33 bits per heavy atom. The molecular formula is C16H22N2O2S. The van der Waals surface area contributed by atoms with Crippen LogP contribution in [0, 0.1) is 0 Å². The summed E-state index contributed by atoms with van der Waals surface area (Å²) in [6, 6.07) is 1.70. The average molecular weight is 306 g/mol. The highest BCUT2D eigenvalue weighted by molar-refractivity contribution is 7.07. The number of carbonyl (C=O) groups is 2. The Hall–Kier alpha value is -1.36. The highest BCUT2D eigenvalue weighted by Gasteiger charge is 2.50. The van der Waals surface area contributed by atoms with Crippen LogP contribution in [0.25, 0.3) is 0 Å². The highest BCUT2D eigenvalue weighted by atomic mass is 32.1. The normalized spacial score (nSPS) is 25.2. The lowest BCUT2D eigenvalue weighted by Gasteiger charge is -2.47. The van der Waals surface area contributed by atoms with E-state index in [4.69, 9.17) is 0 Å². The third kappa shape index (κ3) is 2.59. The van der Waals surface area contributed by atoms with E-state index in [2.05, 4.69) is 10.7 Å². The van der Waals surface area contributed by atoms with E-state index in [9.17, 15) is 9.59 Å². The molecule has 114 valence electrons. The summed E-state index contributed by atoms with van der Waals surface area (Å²) >= 11 is 1.63. The molecule has 1 saturated heterocycles. The maximum Gasteiger partial charge on any atom is 0.249 e. The fourth-order valence-electron chi connectivity index (χ4n) is 3.59. The minimum absolute atomic E-state index is 0.0224. The van der Waals surface area contributed by atoms with Crippen molar-refractivity contribution in [2.24, 2.45) is 0 Å². The van der Waals surface area contributed by atoms with E-state index in [1.807, 2.05) is 23.3 Å². The Kier molecular flexibility index (Phi) is 4.02. The zero-order valence-electron chi connectivity index (χ0n) is 12.4. The van der Waals surface area contributed by atoms with E-state index < -0.39 is 5.54 Å². The van der Waals surface area contributed by atoms with Crippen LogP contribution in [-0.4, -0.2) is 28.3 Å². The van der Waals surface area contributed by atoms with Crippen LogP contribution in [0.5, 0.6) is 0 Å². The summed E-state index contributed by atoms with van der Waals surface area (Å²) in [5.41, 5.74) is 0.490. The fourth-order valence-corrected chi connectivity index (χ4v) is 4.25. The largest absolute Gasteiger partial charge is 0.340 e. The molecule has 21 heavy (non-hydrogen) atoms. The van der Waals surface area contributed by atoms with Crippen molar-refractivity contribution in [2.45, 2.75) is 63.6 Å². The molecular weight excluding hydrogens is 284 g/mol. The first-order valence-electron chi connectivity index (χ1n) is 7.80. The lowest BCUT2D eigenvalue weighted by molar-refractivity contribution is -0.157. The van der Waals surface area contributed by atoms with Crippen LogP contribution in [0.4, 0.5) is 0 Å². The minimum atomic E-state index is -0.628. The number of hydrogen-bond donors (Lipinski definition) is 1. The summed E-state index contributed by atoms with van der Waals surface area (Å²) in [6.45, 7) is 2.52. The van der Waals surface area contributed by atoms with E-state index in [1.165, 1.54) is 0 Å². The van der Waals surface area contributed by atoms with Crippen molar-refractivity contribution in [1.82, 2.24) is 10.2 Å². The Labute approximate surface area is 129 Å². The SMILES string of the molecule is CCC1C(=O)NC2(CCCCC2)C(=O)N1Cc1ccsc1. The Bertz CT molecular complexity index is 520. The van der Waals surface area contributed by atoms with Gasteiger partial charge in [-0.3, -0.25) is 9.59 Å². The Morgan fingerprint density at radius 3 is 2.71 bits per heavy atom. The van der Waals surface area contributed by atoms with Crippen LogP contribution in [-0.2, 0) is 16.1 Å². The summed E-state index contributed by atoms with van der Waals surface area (Å²) < 4.78 is 0. The summed E-state index contributed by atoms with van der Waals surface area (Å²) in [7, 11) is 0. The van der Waals surface area contributed by atoms with Crippen LogP contribution >= 0.6 is 11.3 Å². The molecule has 1 atom stereocenters. The van der Waals surface area contributed by atoms with Crippen molar-refractivity contribution in [3.8, 4) is 0 Å². The molecule has 4 nitrogen and oxygen atoms in total. The molecule has 2 heterocycles. The van der Waals surface area contributed by atoms with Gasteiger partial charge in [0.05, 0.1) is 0 Å². The second-order valence-electron chi connectivity index (χ2n) is 6.12. The van der Waals surface area contributed by atoms with Gasteiger partial charge in [-0.2, -0.15) is 11.3 Å². The molecule has 2 fully saturated rings. The summed E-state index contributed by atoms with van der Waals surface area (Å²) in [4.78, 5) is 27.4. The number of rotatable bonds is 3. The molecule has 1 aliphatic carbocycles. The number of thiophene rings is 1. The lowest BCUT2D eigenvalue weighted by Crippen LogP contribution is -2.70. The molecule has 2 amide bonds. The fraction of sp³-hybridized carbons (Fsp3) is 0.625. The van der Waals surface area contributed by atoms with Crippen LogP contribution in [0.1, 0.15) is 51.0 Å². The average Bonchev–Trinajstić information content (AvgIpc) is 2.99. The number of nitrogens with one attached hydrogen (secondary N) is 1. The molecule has 3 rings (SSSR count). The standard InChI is InChI=1S/C16H22N2O2S/c1-2-13-14(19)17-16(7-4-3-5-8-16)15(20)18(13)10-12-6-9-21-11-12/h6,9,11,13H,2-5,7-8,10H2,1H3,(H,17,19). The van der Waals surface area contributed by atoms with Crippen molar-refractivity contribution in [2.75, 3.05) is 0 Å². The molecule has 0 aromatic carbocycles. The van der Waals surface area contributed by atoms with E-state index in [0.29, 0.717) is 13.0 Å². The number of nitrogens with zero attached hydrogens (tertiary/aromatic N) is 1. The molecule has 1 spiro atoms. The monoisotopic (exact) mass is 306 g/mol. The van der Waals surface area contributed by atoms with Crippen LogP contribution < -0.4 is 5.32 Å². The van der Waals surface area contributed by atoms with E-state index in [1.54, 1.807) is 11.3 Å². The molecule has 1 N–H and O–H groups in total. The first-order valence-corrected chi connectivity index (χ1v) is 8.75. The number of hydrogen-bond acceptors (Lipinski definition) is 3. The molecule has 0 radical (unpaired) electrons. The molecule has 1 aromatic heterocycles. The minimum Gasteiger partial charge on any atom is -0.340 e. The van der Waals surface area contributed by atoms with Crippen molar-refractivity contribution in [3.63, 3.8) is 0 Å². The van der Waals surface area contributed by atoms with Gasteiger partial charge in [0, 0.05) is 6.54 Å². The third-order valence-electron chi connectivity index (χ3n) is 4.74. The Morgan fingerprint density at radius 2 is 2.10 bits per heavy atom. The van der Waals surface area contributed by atoms with Crippen molar-refractivity contribution < 1.29 is 9.59 Å². The maximum absolute atomic E-state index is 13.1. The first-order chi connectivity index (χ1) is 10.2. The topological polar surface area (TPSA) is 49.4 Å². The number of carbonyl (C=O) groups excluding carboxylic acids is 2. The molecule has 1 saturated carbocycles. The van der Waals surface area contributed by atoms with Crippen LogP contribution in [0.15, 0.2) is 16.8 Å². The zero-order valence-corrected chi connectivity index (χ0v) is 13.2. The smallest absolute Gasteiger partial charge is 0.249 e. The summed E-state index contributed by atoms with van der Waals surface area (Å²) in [6.07, 6.45) is 5.44. The molecule has 5 heteroatoms. The number of piperazine rings is 1. The van der Waals surface area contributed by atoms with Gasteiger partial charge in [0.25, 0.3) is 0 Å². The molecule has 1 unspecified atom stereocenters. The quantitative estimate of drug-likeness (QED) is 0.933. The van der Waals surface area contributed by atoms with Gasteiger partial charge in [-0.05, 0) is 41.7 Å². The van der Waals surface area contributed by atoms with Gasteiger partial charge in [0.2, 0.25) is 11.8 Å². The van der Waals surface area contributed by atoms with E-state index >= 15 is 0 Å². The van der Waals surface area contributed by atoms with Crippen LogP contribution in [0.3, 0.4) is 0 Å². The van der Waals surface area contributed by atoms with E-state index in [-0.39, 0.29) is 17.9 Å². The van der Waals surface area contributed by atoms with Crippen molar-refractivity contribution in [1.29, 1.82) is 0 Å². The first kappa shape index (κ1) is 14.6. The second kappa shape index (κ2) is 5.79. The molecule has 1 aromatic rings. The Balaban J connectivity index is 1.88. The second-order valence-corrected chi connectivity index (χ2v) is 6.90. The summed E-state index contributed by atoms with van der Waals surface area (Å²) in [5, 5.41) is 7.14. The van der Waals surface area contributed by atoms with Gasteiger partial charge in [0.15, 0.2) is 0 Å². The lowest BCUT2D eigenvalue weighted by atomic mass is 9.78. The third-order valence-corrected chi connectivity index (χ3v) is 5.47. The molecule has 2 aliphatic rings. The van der Waals surface area contributed by atoms with Crippen molar-refractivity contribution >= 4 is 23.2 Å². The highest BCUT2D eigenvalue weighted by Crippen LogP contribution is 2.34. The molecule has 0 bridgehead atoms. The van der Waals surface area contributed by atoms with Gasteiger partial charge in [-0.25, -0.2) is 0 Å². The van der Waals surface area contributed by atoms with Gasteiger partial charge in [0.1, 0.15) is 11.6 Å². The predicted octanol–water partition coefficient (Wildman–Crippen LogP) is 2.69. The van der Waals surface area contributed by atoms with Crippen LogP contribution in [0.2, 0.25) is 0 Å². The van der Waals surface area contributed by atoms with E-state index in [0.717, 1.165) is 37.7 Å². The molecule has 1 aliphatic heterocycles. The van der Waals surface area contributed by atoms with Crippen molar-refractivity contribution in [3.05, 3.63) is 22.4 Å². The van der Waals surface area contributed by atoms with Gasteiger partial charge >= 0.3 is 0 Å². The zero-order chi connectivity index (χ0) is 14.9.